The minimum Gasteiger partial charge on any atom is -0.504 e. The molecule has 0 unspecified atom stereocenters. The molecule has 2 aromatic carbocycles. The Bertz CT molecular complexity index is 963. The average Bonchev–Trinajstić information content (AvgIpc) is 2.90. The molecular weight excluding hydrogens is 448 g/mol. The molecule has 3 rings (SSSR count). The van der Waals surface area contributed by atoms with Gasteiger partial charge in [-0.1, -0.05) is 15.9 Å². The van der Waals surface area contributed by atoms with E-state index in [1.807, 2.05) is 4.90 Å². The summed E-state index contributed by atoms with van der Waals surface area (Å²) < 4.78 is 28.0. The number of Topliss-reactive ketones (excluding diaryl/α,β-unsaturated/α-hetero) is 1. The molecule has 2 aromatic rings. The zero-order valence-corrected chi connectivity index (χ0v) is 17.5. The molecule has 1 heterocycles. The molecule has 0 aromatic heterocycles. The van der Waals surface area contributed by atoms with Gasteiger partial charge < -0.3 is 10.2 Å². The number of halogens is 1. The third kappa shape index (κ3) is 4.72. The summed E-state index contributed by atoms with van der Waals surface area (Å²) in [5.74, 6) is -0.812. The number of aromatic hydroxyl groups is 2. The van der Waals surface area contributed by atoms with Gasteiger partial charge in [-0.25, -0.2) is 8.42 Å². The zero-order valence-electron chi connectivity index (χ0n) is 15.1. The van der Waals surface area contributed by atoms with Gasteiger partial charge in [0.05, 0.1) is 11.4 Å². The molecule has 0 bridgehead atoms. The first-order valence-corrected chi connectivity index (χ1v) is 11.0. The van der Waals surface area contributed by atoms with E-state index in [1.54, 1.807) is 24.3 Å². The number of hydrogen-bond acceptors (Lipinski definition) is 6. The molecule has 0 radical (unpaired) electrons. The summed E-state index contributed by atoms with van der Waals surface area (Å²) in [6.45, 7) is 1.85. The van der Waals surface area contributed by atoms with Gasteiger partial charge >= 0.3 is 0 Å². The molecule has 1 saturated heterocycles. The van der Waals surface area contributed by atoms with Crippen molar-refractivity contribution in [1.29, 1.82) is 0 Å². The van der Waals surface area contributed by atoms with Crippen LogP contribution in [-0.4, -0.2) is 66.3 Å². The van der Waals surface area contributed by atoms with Crippen molar-refractivity contribution in [1.82, 2.24) is 9.21 Å². The number of rotatable bonds is 5. The van der Waals surface area contributed by atoms with E-state index in [0.29, 0.717) is 38.2 Å². The number of phenols is 2. The van der Waals surface area contributed by atoms with Gasteiger partial charge in [0.15, 0.2) is 17.3 Å². The fraction of sp³-hybridized carbons (Fsp3) is 0.316. The Balaban J connectivity index is 1.65. The van der Waals surface area contributed by atoms with E-state index >= 15 is 0 Å². The highest BCUT2D eigenvalue weighted by molar-refractivity contribution is 9.10. The Hall–Kier alpha value is -1.94. The molecular formula is C19H21BrN2O5S. The van der Waals surface area contributed by atoms with Crippen molar-refractivity contribution in [3.8, 4) is 11.5 Å². The molecule has 0 atom stereocenters. The predicted octanol–water partition coefficient (Wildman–Crippen LogP) is 2.44. The number of phenolic OH excluding ortho intramolecular Hbond substituents is 2. The fourth-order valence-electron chi connectivity index (χ4n) is 3.09. The van der Waals surface area contributed by atoms with Crippen molar-refractivity contribution < 1.29 is 23.4 Å². The highest BCUT2D eigenvalue weighted by atomic mass is 79.9. The summed E-state index contributed by atoms with van der Waals surface area (Å²) >= 11 is 3.30. The second kappa shape index (κ2) is 8.60. The van der Waals surface area contributed by atoms with Crippen LogP contribution in [0.2, 0.25) is 0 Å². The highest BCUT2D eigenvalue weighted by Crippen LogP contribution is 2.25. The van der Waals surface area contributed by atoms with Crippen LogP contribution in [0.4, 0.5) is 0 Å². The summed E-state index contributed by atoms with van der Waals surface area (Å²) in [7, 11) is -3.58. The van der Waals surface area contributed by atoms with Gasteiger partial charge in [0.1, 0.15) is 0 Å². The van der Waals surface area contributed by atoms with E-state index in [9.17, 15) is 23.4 Å². The smallest absolute Gasteiger partial charge is 0.243 e. The van der Waals surface area contributed by atoms with Crippen LogP contribution in [0.15, 0.2) is 51.8 Å². The minimum absolute atomic E-state index is 0.121. The number of ketones is 1. The topological polar surface area (TPSA) is 98.2 Å². The van der Waals surface area contributed by atoms with Crippen molar-refractivity contribution in [2.24, 2.45) is 0 Å². The van der Waals surface area contributed by atoms with Gasteiger partial charge in [-0.3, -0.25) is 9.69 Å². The van der Waals surface area contributed by atoms with Crippen molar-refractivity contribution >= 4 is 31.7 Å². The van der Waals surface area contributed by atoms with Crippen LogP contribution < -0.4 is 0 Å². The van der Waals surface area contributed by atoms with E-state index in [4.69, 9.17) is 0 Å². The Labute approximate surface area is 172 Å². The number of sulfonamides is 1. The molecule has 150 valence electrons. The molecule has 7 nitrogen and oxygen atoms in total. The minimum atomic E-state index is -3.58. The largest absolute Gasteiger partial charge is 0.504 e. The maximum absolute atomic E-state index is 12.8. The molecule has 0 amide bonds. The van der Waals surface area contributed by atoms with E-state index in [-0.39, 0.29) is 28.7 Å². The van der Waals surface area contributed by atoms with Gasteiger partial charge in [-0.15, -0.1) is 0 Å². The maximum atomic E-state index is 12.8. The van der Waals surface area contributed by atoms with E-state index < -0.39 is 10.0 Å². The lowest BCUT2D eigenvalue weighted by atomic mass is 10.1. The average molecular weight is 469 g/mol. The molecule has 1 aliphatic rings. The number of nitrogens with zero attached hydrogens (tertiary/aromatic N) is 2. The Morgan fingerprint density at radius 1 is 0.964 bits per heavy atom. The second-order valence-corrected chi connectivity index (χ2v) is 9.47. The number of benzene rings is 2. The van der Waals surface area contributed by atoms with Crippen molar-refractivity contribution in [2.45, 2.75) is 11.3 Å². The lowest BCUT2D eigenvalue weighted by Gasteiger charge is -2.21. The first-order chi connectivity index (χ1) is 13.3. The SMILES string of the molecule is O=C(CN1CCCN(S(=O)(=O)c2ccc(Br)cc2)CC1)c1ccc(O)c(O)c1. The van der Waals surface area contributed by atoms with E-state index in [2.05, 4.69) is 15.9 Å². The van der Waals surface area contributed by atoms with Crippen LogP contribution >= 0.6 is 15.9 Å². The number of carbonyl (C=O) groups is 1. The Kier molecular flexibility index (Phi) is 6.39. The summed E-state index contributed by atoms with van der Waals surface area (Å²) in [6, 6.07) is 10.5. The van der Waals surface area contributed by atoms with Crippen LogP contribution in [0.1, 0.15) is 16.8 Å². The molecule has 0 aliphatic carbocycles. The summed E-state index contributed by atoms with van der Waals surface area (Å²) in [4.78, 5) is 14.6. The van der Waals surface area contributed by atoms with Gasteiger partial charge in [0.2, 0.25) is 10.0 Å². The van der Waals surface area contributed by atoms with Gasteiger partial charge in [-0.2, -0.15) is 4.31 Å². The highest BCUT2D eigenvalue weighted by Gasteiger charge is 2.27. The number of hydrogen-bond donors (Lipinski definition) is 2. The first kappa shape index (κ1) is 20.8. The zero-order chi connectivity index (χ0) is 20.3. The van der Waals surface area contributed by atoms with Crippen molar-refractivity contribution in [3.63, 3.8) is 0 Å². The lowest BCUT2D eigenvalue weighted by Crippen LogP contribution is -2.36. The maximum Gasteiger partial charge on any atom is 0.243 e. The number of carbonyl (C=O) groups excluding carboxylic acids is 1. The fourth-order valence-corrected chi connectivity index (χ4v) is 4.83. The molecule has 0 saturated carbocycles. The van der Waals surface area contributed by atoms with Crippen molar-refractivity contribution in [3.05, 3.63) is 52.5 Å². The molecule has 2 N–H and O–H groups in total. The van der Waals surface area contributed by atoms with Gasteiger partial charge in [-0.05, 0) is 55.4 Å². The Morgan fingerprint density at radius 2 is 1.68 bits per heavy atom. The van der Waals surface area contributed by atoms with Crippen LogP contribution in [0.3, 0.4) is 0 Å². The van der Waals surface area contributed by atoms with E-state index in [0.717, 1.165) is 4.47 Å². The van der Waals surface area contributed by atoms with E-state index in [1.165, 1.54) is 22.5 Å². The van der Waals surface area contributed by atoms with Crippen LogP contribution in [0, 0.1) is 0 Å². The Morgan fingerprint density at radius 3 is 2.36 bits per heavy atom. The molecule has 1 aliphatic heterocycles. The molecule has 28 heavy (non-hydrogen) atoms. The standard InChI is InChI=1S/C19H21BrN2O5S/c20-15-3-5-16(6-4-15)28(26,27)22-9-1-8-21(10-11-22)13-19(25)14-2-7-17(23)18(24)12-14/h2-7,12,23-24H,1,8-11,13H2. The van der Waals surface area contributed by atoms with Crippen LogP contribution in [0.25, 0.3) is 0 Å². The summed E-state index contributed by atoms with van der Waals surface area (Å²) in [5, 5.41) is 18.9. The van der Waals surface area contributed by atoms with Crippen molar-refractivity contribution in [2.75, 3.05) is 32.7 Å². The molecule has 9 heteroatoms. The normalized spacial score (nSPS) is 16.6. The van der Waals surface area contributed by atoms with Crippen LogP contribution in [0.5, 0.6) is 11.5 Å². The second-order valence-electron chi connectivity index (χ2n) is 6.61. The quantitative estimate of drug-likeness (QED) is 0.516. The molecule has 1 fully saturated rings. The van der Waals surface area contributed by atoms with Gasteiger partial charge in [0.25, 0.3) is 0 Å². The predicted molar refractivity (Wildman–Crippen MR) is 108 cm³/mol. The summed E-state index contributed by atoms with van der Waals surface area (Å²) in [6.07, 6.45) is 0.615. The third-order valence-corrected chi connectivity index (χ3v) is 7.11. The van der Waals surface area contributed by atoms with Gasteiger partial charge in [0, 0.05) is 29.7 Å². The lowest BCUT2D eigenvalue weighted by molar-refractivity contribution is 0.0934. The molecule has 0 spiro atoms. The first-order valence-electron chi connectivity index (χ1n) is 8.80. The van der Waals surface area contributed by atoms with Crippen LogP contribution in [-0.2, 0) is 10.0 Å². The monoisotopic (exact) mass is 468 g/mol. The summed E-state index contributed by atoms with van der Waals surface area (Å²) in [5.41, 5.74) is 0.305. The third-order valence-electron chi connectivity index (χ3n) is 4.66.